The van der Waals surface area contributed by atoms with E-state index in [2.05, 4.69) is 34.2 Å². The van der Waals surface area contributed by atoms with Gasteiger partial charge in [0.15, 0.2) is 0 Å². The van der Waals surface area contributed by atoms with Crippen LogP contribution < -0.4 is 5.32 Å². The van der Waals surface area contributed by atoms with Gasteiger partial charge in [-0.05, 0) is 49.4 Å². The second kappa shape index (κ2) is 4.35. The molecule has 0 saturated carbocycles. The molecule has 3 nitrogen and oxygen atoms in total. The molecule has 0 bridgehead atoms. The molecule has 1 atom stereocenters. The van der Waals surface area contributed by atoms with Crippen molar-refractivity contribution >= 4 is 27.5 Å². The first-order valence-electron chi connectivity index (χ1n) is 6.31. The fourth-order valence-electron chi connectivity index (χ4n) is 3.11. The number of hydrogen-bond acceptors (Lipinski definition) is 2. The number of ether oxygens (including phenoxy) is 1. The van der Waals surface area contributed by atoms with Crippen LogP contribution >= 0.6 is 15.9 Å². The van der Waals surface area contributed by atoms with E-state index in [1.54, 1.807) is 0 Å². The van der Waals surface area contributed by atoms with Crippen molar-refractivity contribution in [3.63, 3.8) is 0 Å². The van der Waals surface area contributed by atoms with Gasteiger partial charge in [-0.3, -0.25) is 4.79 Å². The Kier molecular flexibility index (Phi) is 2.94. The third-order valence-corrected chi connectivity index (χ3v) is 4.79. The van der Waals surface area contributed by atoms with Crippen molar-refractivity contribution in [2.45, 2.75) is 25.2 Å². The maximum atomic E-state index is 12.4. The number of rotatable bonds is 1. The van der Waals surface area contributed by atoms with Gasteiger partial charge in [0.2, 0.25) is 5.91 Å². The van der Waals surface area contributed by atoms with E-state index in [-0.39, 0.29) is 5.91 Å². The Balaban J connectivity index is 2.05. The first-order valence-corrected chi connectivity index (χ1v) is 7.11. The molecule has 0 aromatic heterocycles. The number of hydrogen-bond donors (Lipinski definition) is 1. The molecule has 1 aromatic carbocycles. The van der Waals surface area contributed by atoms with E-state index < -0.39 is 5.41 Å². The van der Waals surface area contributed by atoms with Crippen LogP contribution in [-0.4, -0.2) is 19.1 Å². The van der Waals surface area contributed by atoms with E-state index in [9.17, 15) is 4.79 Å². The second-order valence-corrected chi connectivity index (χ2v) is 6.15. The quantitative estimate of drug-likeness (QED) is 0.865. The smallest absolute Gasteiger partial charge is 0.235 e. The van der Waals surface area contributed by atoms with Gasteiger partial charge in [-0.1, -0.05) is 15.9 Å². The number of benzene rings is 1. The highest BCUT2D eigenvalue weighted by atomic mass is 79.9. The minimum absolute atomic E-state index is 0.127. The van der Waals surface area contributed by atoms with Crippen LogP contribution in [0.15, 0.2) is 22.7 Å². The highest BCUT2D eigenvalue weighted by Crippen LogP contribution is 2.46. The molecule has 18 heavy (non-hydrogen) atoms. The van der Waals surface area contributed by atoms with Gasteiger partial charge in [0, 0.05) is 23.4 Å². The number of fused-ring (bicyclic) bond motifs is 1. The summed E-state index contributed by atoms with van der Waals surface area (Å²) in [5.74, 6) is 0.490. The van der Waals surface area contributed by atoms with Crippen LogP contribution in [0.25, 0.3) is 0 Å². The fourth-order valence-corrected chi connectivity index (χ4v) is 3.47. The van der Waals surface area contributed by atoms with Crippen LogP contribution in [0.4, 0.5) is 5.69 Å². The molecule has 0 spiro atoms. The van der Waals surface area contributed by atoms with Crippen LogP contribution in [0.3, 0.4) is 0 Å². The Hall–Kier alpha value is -0.870. The third kappa shape index (κ3) is 1.70. The van der Waals surface area contributed by atoms with Crippen molar-refractivity contribution in [2.24, 2.45) is 5.92 Å². The van der Waals surface area contributed by atoms with E-state index in [0.717, 1.165) is 41.8 Å². The van der Waals surface area contributed by atoms with Crippen molar-refractivity contribution in [3.05, 3.63) is 28.2 Å². The van der Waals surface area contributed by atoms with Crippen LogP contribution in [-0.2, 0) is 14.9 Å². The number of carbonyl (C=O) groups excluding carboxylic acids is 1. The zero-order chi connectivity index (χ0) is 12.8. The molecular formula is C14H16BrNO2. The normalized spacial score (nSPS) is 28.0. The van der Waals surface area contributed by atoms with Crippen molar-refractivity contribution in [2.75, 3.05) is 18.5 Å². The summed E-state index contributed by atoms with van der Waals surface area (Å²) in [5.41, 5.74) is 1.66. The molecule has 1 amide bonds. The van der Waals surface area contributed by atoms with Gasteiger partial charge in [0.05, 0.1) is 5.41 Å². The number of anilines is 1. The zero-order valence-electron chi connectivity index (χ0n) is 10.3. The largest absolute Gasteiger partial charge is 0.381 e. The van der Waals surface area contributed by atoms with Gasteiger partial charge >= 0.3 is 0 Å². The van der Waals surface area contributed by atoms with Crippen molar-refractivity contribution in [1.29, 1.82) is 0 Å². The van der Waals surface area contributed by atoms with E-state index in [1.165, 1.54) is 0 Å². The number of carbonyl (C=O) groups is 1. The summed E-state index contributed by atoms with van der Waals surface area (Å²) in [7, 11) is 0. The monoisotopic (exact) mass is 309 g/mol. The summed E-state index contributed by atoms with van der Waals surface area (Å²) in [5, 5.41) is 3.01. The lowest BCUT2D eigenvalue weighted by atomic mass is 9.69. The molecule has 3 rings (SSSR count). The third-order valence-electron chi connectivity index (χ3n) is 4.30. The molecule has 2 aliphatic heterocycles. The summed E-state index contributed by atoms with van der Waals surface area (Å²) >= 11 is 3.50. The van der Waals surface area contributed by atoms with Gasteiger partial charge in [-0.2, -0.15) is 0 Å². The molecule has 2 heterocycles. The lowest BCUT2D eigenvalue weighted by molar-refractivity contribution is -0.123. The highest BCUT2D eigenvalue weighted by molar-refractivity contribution is 9.10. The Labute approximate surface area is 115 Å². The highest BCUT2D eigenvalue weighted by Gasteiger charge is 2.48. The van der Waals surface area contributed by atoms with Crippen molar-refractivity contribution in [1.82, 2.24) is 0 Å². The summed E-state index contributed by atoms with van der Waals surface area (Å²) in [6, 6.07) is 6.01. The molecule has 1 aromatic rings. The Morgan fingerprint density at radius 2 is 2.11 bits per heavy atom. The summed E-state index contributed by atoms with van der Waals surface area (Å²) in [4.78, 5) is 12.4. The topological polar surface area (TPSA) is 38.3 Å². The van der Waals surface area contributed by atoms with Gasteiger partial charge < -0.3 is 10.1 Å². The van der Waals surface area contributed by atoms with E-state index >= 15 is 0 Å². The SMILES string of the molecule is CC1(C2CCOCC2)C(=O)Nc2ccc(Br)cc21. The lowest BCUT2D eigenvalue weighted by Gasteiger charge is -2.35. The zero-order valence-corrected chi connectivity index (χ0v) is 11.9. The minimum Gasteiger partial charge on any atom is -0.381 e. The van der Waals surface area contributed by atoms with Gasteiger partial charge in [0.25, 0.3) is 0 Å². The minimum atomic E-state index is -0.414. The van der Waals surface area contributed by atoms with Crippen LogP contribution in [0.2, 0.25) is 0 Å². The molecule has 1 unspecified atom stereocenters. The first kappa shape index (κ1) is 12.2. The van der Waals surface area contributed by atoms with Crippen LogP contribution in [0.5, 0.6) is 0 Å². The van der Waals surface area contributed by atoms with Crippen LogP contribution in [0, 0.1) is 5.92 Å². The average Bonchev–Trinajstić information content (AvgIpc) is 2.64. The van der Waals surface area contributed by atoms with Gasteiger partial charge in [0.1, 0.15) is 0 Å². The van der Waals surface area contributed by atoms with Crippen LogP contribution in [0.1, 0.15) is 25.3 Å². The number of halogens is 1. The van der Waals surface area contributed by atoms with Gasteiger partial charge in [-0.25, -0.2) is 0 Å². The lowest BCUT2D eigenvalue weighted by Crippen LogP contribution is -2.41. The molecule has 0 radical (unpaired) electrons. The molecule has 1 N–H and O–H groups in total. The average molecular weight is 310 g/mol. The first-order chi connectivity index (χ1) is 8.62. The summed E-state index contributed by atoms with van der Waals surface area (Å²) < 4.78 is 6.43. The Morgan fingerprint density at radius 3 is 2.83 bits per heavy atom. The Bertz CT molecular complexity index is 497. The maximum Gasteiger partial charge on any atom is 0.235 e. The standard InChI is InChI=1S/C14H16BrNO2/c1-14(9-4-6-18-7-5-9)11-8-10(15)2-3-12(11)16-13(14)17/h2-3,8-9H,4-7H2,1H3,(H,16,17). The fraction of sp³-hybridized carbons (Fsp3) is 0.500. The molecule has 4 heteroatoms. The van der Waals surface area contributed by atoms with Crippen molar-refractivity contribution < 1.29 is 9.53 Å². The van der Waals surface area contributed by atoms with Gasteiger partial charge in [-0.15, -0.1) is 0 Å². The molecular weight excluding hydrogens is 294 g/mol. The molecule has 0 aliphatic carbocycles. The van der Waals surface area contributed by atoms with E-state index in [1.807, 2.05) is 12.1 Å². The predicted molar refractivity (Wildman–Crippen MR) is 73.7 cm³/mol. The van der Waals surface area contributed by atoms with Crippen molar-refractivity contribution in [3.8, 4) is 0 Å². The summed E-state index contributed by atoms with van der Waals surface area (Å²) in [6.07, 6.45) is 1.91. The molecule has 1 saturated heterocycles. The van der Waals surface area contributed by atoms with E-state index in [0.29, 0.717) is 5.92 Å². The second-order valence-electron chi connectivity index (χ2n) is 5.23. The Morgan fingerprint density at radius 1 is 1.39 bits per heavy atom. The molecule has 2 aliphatic rings. The molecule has 96 valence electrons. The summed E-state index contributed by atoms with van der Waals surface area (Å²) in [6.45, 7) is 3.59. The predicted octanol–water partition coefficient (Wildman–Crippen LogP) is 3.09. The van der Waals surface area contributed by atoms with E-state index in [4.69, 9.17) is 4.74 Å². The maximum absolute atomic E-state index is 12.4. The number of amides is 1. The molecule has 1 fully saturated rings. The number of nitrogens with one attached hydrogen (secondary N) is 1.